The molecular weight excluding hydrogens is 396 g/mol. The third-order valence-electron chi connectivity index (χ3n) is 4.14. The summed E-state index contributed by atoms with van der Waals surface area (Å²) in [5.74, 6) is -4.27. The van der Waals surface area contributed by atoms with E-state index in [1.165, 1.54) is 7.11 Å². The van der Waals surface area contributed by atoms with Crippen LogP contribution in [0.4, 0.5) is 20.2 Å². The van der Waals surface area contributed by atoms with Gasteiger partial charge in [0.1, 0.15) is 29.8 Å². The first-order valence-corrected chi connectivity index (χ1v) is 9.17. The molecule has 3 amide bonds. The van der Waals surface area contributed by atoms with Crippen molar-refractivity contribution in [2.75, 3.05) is 24.4 Å². The van der Waals surface area contributed by atoms with Crippen LogP contribution in [0.15, 0.2) is 42.5 Å². The van der Waals surface area contributed by atoms with Crippen molar-refractivity contribution in [3.05, 3.63) is 59.7 Å². The Labute approximate surface area is 172 Å². The molecule has 0 aliphatic heterocycles. The minimum Gasteiger partial charge on any atom is -0.375 e. The molecule has 9 heteroatoms. The largest absolute Gasteiger partial charge is 0.375 e. The fourth-order valence-corrected chi connectivity index (χ4v) is 2.65. The van der Waals surface area contributed by atoms with Gasteiger partial charge in [-0.15, -0.1) is 0 Å². The Hall–Kier alpha value is -3.33. The van der Waals surface area contributed by atoms with Crippen LogP contribution in [0.5, 0.6) is 0 Å². The molecule has 0 spiro atoms. The third-order valence-corrected chi connectivity index (χ3v) is 4.14. The molecule has 2 rings (SSSR count). The monoisotopic (exact) mass is 419 g/mol. The summed E-state index contributed by atoms with van der Waals surface area (Å²) >= 11 is 0. The molecule has 160 valence electrons. The van der Waals surface area contributed by atoms with Crippen LogP contribution in [-0.4, -0.2) is 37.5 Å². The highest BCUT2D eigenvalue weighted by Crippen LogP contribution is 2.16. The van der Waals surface area contributed by atoms with Crippen molar-refractivity contribution >= 4 is 29.1 Å². The predicted molar refractivity (Wildman–Crippen MR) is 108 cm³/mol. The van der Waals surface area contributed by atoms with Crippen molar-refractivity contribution in [2.24, 2.45) is 5.92 Å². The van der Waals surface area contributed by atoms with Gasteiger partial charge < -0.3 is 20.7 Å². The number of halogens is 2. The second-order valence-corrected chi connectivity index (χ2v) is 6.84. The molecule has 30 heavy (non-hydrogen) atoms. The van der Waals surface area contributed by atoms with E-state index in [-0.39, 0.29) is 18.4 Å². The van der Waals surface area contributed by atoms with Crippen molar-refractivity contribution in [1.82, 2.24) is 5.32 Å². The summed E-state index contributed by atoms with van der Waals surface area (Å²) in [6.07, 6.45) is 0. The number of methoxy groups -OCH3 is 1. The molecular formula is C21H23F2N3O4. The number of hydrogen-bond acceptors (Lipinski definition) is 4. The molecule has 2 aromatic carbocycles. The van der Waals surface area contributed by atoms with Gasteiger partial charge >= 0.3 is 0 Å². The molecule has 3 N–H and O–H groups in total. The summed E-state index contributed by atoms with van der Waals surface area (Å²) in [6, 6.07) is 8.35. The van der Waals surface area contributed by atoms with Crippen LogP contribution >= 0.6 is 0 Å². The SMILES string of the molecule is COCC(=O)Nc1ccc(NC(=O)C(NC(=O)c2c(F)cccc2F)C(C)C)cc1. The fourth-order valence-electron chi connectivity index (χ4n) is 2.65. The van der Waals surface area contributed by atoms with Crippen LogP contribution in [0.1, 0.15) is 24.2 Å². The molecule has 0 heterocycles. The summed E-state index contributed by atoms with van der Waals surface area (Å²) in [7, 11) is 1.41. The average molecular weight is 419 g/mol. The van der Waals surface area contributed by atoms with Gasteiger partial charge in [-0.2, -0.15) is 0 Å². The Balaban J connectivity index is 2.07. The zero-order chi connectivity index (χ0) is 22.3. The van der Waals surface area contributed by atoms with Crippen molar-refractivity contribution < 1.29 is 27.9 Å². The lowest BCUT2D eigenvalue weighted by atomic mass is 10.0. The molecule has 0 saturated heterocycles. The molecule has 0 fully saturated rings. The lowest BCUT2D eigenvalue weighted by Crippen LogP contribution is -2.47. The van der Waals surface area contributed by atoms with Gasteiger partial charge in [-0.25, -0.2) is 8.78 Å². The zero-order valence-corrected chi connectivity index (χ0v) is 16.8. The van der Waals surface area contributed by atoms with Gasteiger partial charge in [0.15, 0.2) is 0 Å². The molecule has 1 atom stereocenters. The predicted octanol–water partition coefficient (Wildman–Crippen LogP) is 2.94. The van der Waals surface area contributed by atoms with Gasteiger partial charge in [0.25, 0.3) is 5.91 Å². The zero-order valence-electron chi connectivity index (χ0n) is 16.8. The second kappa shape index (κ2) is 10.4. The Kier molecular flexibility index (Phi) is 7.99. The second-order valence-electron chi connectivity index (χ2n) is 6.84. The summed E-state index contributed by atoms with van der Waals surface area (Å²) in [5.41, 5.74) is 0.188. The molecule has 7 nitrogen and oxygen atoms in total. The quantitative estimate of drug-likeness (QED) is 0.613. The van der Waals surface area contributed by atoms with Crippen LogP contribution in [0.25, 0.3) is 0 Å². The molecule has 2 aromatic rings. The van der Waals surface area contributed by atoms with Gasteiger partial charge in [0, 0.05) is 18.5 Å². The highest BCUT2D eigenvalue weighted by Gasteiger charge is 2.27. The van der Waals surface area contributed by atoms with E-state index in [1.54, 1.807) is 38.1 Å². The molecule has 0 aromatic heterocycles. The number of rotatable bonds is 8. The smallest absolute Gasteiger partial charge is 0.257 e. The van der Waals surface area contributed by atoms with Gasteiger partial charge in [-0.3, -0.25) is 14.4 Å². The van der Waals surface area contributed by atoms with Crippen molar-refractivity contribution in [3.63, 3.8) is 0 Å². The Morgan fingerprint density at radius 3 is 1.97 bits per heavy atom. The Morgan fingerprint density at radius 1 is 0.933 bits per heavy atom. The van der Waals surface area contributed by atoms with E-state index in [1.807, 2.05) is 0 Å². The standard InChI is InChI=1S/C21H23F2N3O4/c1-12(2)19(26-20(28)18-15(22)5-4-6-16(18)23)21(29)25-14-9-7-13(8-10-14)24-17(27)11-30-3/h4-10,12,19H,11H2,1-3H3,(H,24,27)(H,25,29)(H,26,28). The van der Waals surface area contributed by atoms with Crippen LogP contribution in [0, 0.1) is 17.6 Å². The summed E-state index contributed by atoms with van der Waals surface area (Å²) in [4.78, 5) is 36.5. The number of hydrogen-bond donors (Lipinski definition) is 3. The first-order valence-electron chi connectivity index (χ1n) is 9.17. The van der Waals surface area contributed by atoms with E-state index in [0.717, 1.165) is 18.2 Å². The highest BCUT2D eigenvalue weighted by atomic mass is 19.1. The van der Waals surface area contributed by atoms with E-state index < -0.39 is 35.1 Å². The minimum atomic E-state index is -1.03. The number of amides is 3. The van der Waals surface area contributed by atoms with E-state index in [0.29, 0.717) is 11.4 Å². The normalized spacial score (nSPS) is 11.7. The maximum absolute atomic E-state index is 13.8. The molecule has 0 aliphatic rings. The fraction of sp³-hybridized carbons (Fsp3) is 0.286. The molecule has 0 saturated carbocycles. The molecule has 0 bridgehead atoms. The Morgan fingerprint density at radius 2 is 1.47 bits per heavy atom. The highest BCUT2D eigenvalue weighted by molar-refractivity contribution is 6.01. The van der Waals surface area contributed by atoms with Gasteiger partial charge in [0.2, 0.25) is 11.8 Å². The molecule has 0 radical (unpaired) electrons. The lowest BCUT2D eigenvalue weighted by molar-refractivity contribution is -0.120. The maximum atomic E-state index is 13.8. The minimum absolute atomic E-state index is 0.0865. The maximum Gasteiger partial charge on any atom is 0.257 e. The lowest BCUT2D eigenvalue weighted by Gasteiger charge is -2.22. The van der Waals surface area contributed by atoms with Crippen molar-refractivity contribution in [3.8, 4) is 0 Å². The Bertz CT molecular complexity index is 897. The average Bonchev–Trinajstić information content (AvgIpc) is 2.67. The topological polar surface area (TPSA) is 96.5 Å². The number of benzene rings is 2. The molecule has 0 aliphatic carbocycles. The van der Waals surface area contributed by atoms with Gasteiger partial charge in [-0.05, 0) is 42.3 Å². The van der Waals surface area contributed by atoms with E-state index in [2.05, 4.69) is 16.0 Å². The van der Waals surface area contributed by atoms with Crippen LogP contribution in [-0.2, 0) is 14.3 Å². The van der Waals surface area contributed by atoms with Crippen LogP contribution < -0.4 is 16.0 Å². The van der Waals surface area contributed by atoms with E-state index in [9.17, 15) is 23.2 Å². The number of ether oxygens (including phenoxy) is 1. The third kappa shape index (κ3) is 6.08. The van der Waals surface area contributed by atoms with E-state index in [4.69, 9.17) is 4.74 Å². The van der Waals surface area contributed by atoms with Gasteiger partial charge in [0.05, 0.1) is 0 Å². The van der Waals surface area contributed by atoms with Crippen LogP contribution in [0.2, 0.25) is 0 Å². The molecule has 1 unspecified atom stereocenters. The van der Waals surface area contributed by atoms with Gasteiger partial charge in [-0.1, -0.05) is 19.9 Å². The van der Waals surface area contributed by atoms with Crippen LogP contribution in [0.3, 0.4) is 0 Å². The summed E-state index contributed by atoms with van der Waals surface area (Å²) in [5, 5.41) is 7.64. The first kappa shape index (κ1) is 23.0. The number of carbonyl (C=O) groups is 3. The summed E-state index contributed by atoms with van der Waals surface area (Å²) < 4.78 is 32.4. The number of carbonyl (C=O) groups excluding carboxylic acids is 3. The van der Waals surface area contributed by atoms with Crippen molar-refractivity contribution in [2.45, 2.75) is 19.9 Å². The number of nitrogens with one attached hydrogen (secondary N) is 3. The summed E-state index contributed by atoms with van der Waals surface area (Å²) in [6.45, 7) is 3.30. The van der Waals surface area contributed by atoms with E-state index >= 15 is 0 Å². The number of anilines is 2. The van der Waals surface area contributed by atoms with Crippen molar-refractivity contribution in [1.29, 1.82) is 0 Å². The first-order chi connectivity index (χ1) is 14.2.